The number of rotatable bonds is 9. The molecule has 1 amide bonds. The molecule has 13 heteroatoms. The molecule has 1 atom stereocenters. The summed E-state index contributed by atoms with van der Waals surface area (Å²) in [7, 11) is 1.40. The quantitative estimate of drug-likeness (QED) is 0.158. The number of ether oxygens (including phenoxy) is 1. The summed E-state index contributed by atoms with van der Waals surface area (Å²) < 4.78 is 66.0. The minimum Gasteiger partial charge on any atom is -0.494 e. The van der Waals surface area contributed by atoms with Gasteiger partial charge in [0.25, 0.3) is 5.91 Å². The van der Waals surface area contributed by atoms with Crippen LogP contribution >= 0.6 is 11.6 Å². The molecule has 232 valence electrons. The zero-order valence-electron chi connectivity index (χ0n) is 24.0. The Bertz CT molecular complexity index is 1820. The number of aliphatic hydroxyl groups is 2. The van der Waals surface area contributed by atoms with E-state index >= 15 is 8.78 Å². The van der Waals surface area contributed by atoms with Crippen LogP contribution in [0.25, 0.3) is 22.2 Å². The predicted octanol–water partition coefficient (Wildman–Crippen LogP) is 5.85. The van der Waals surface area contributed by atoms with Gasteiger partial charge in [0.2, 0.25) is 5.79 Å². The first-order valence-electron chi connectivity index (χ1n) is 14.0. The van der Waals surface area contributed by atoms with Crippen LogP contribution in [0.15, 0.2) is 36.5 Å². The van der Waals surface area contributed by atoms with E-state index in [9.17, 15) is 23.8 Å². The molecular weight excluding hydrogens is 604 g/mol. The minimum atomic E-state index is -1.86. The average molecular weight is 633 g/mol. The highest BCUT2D eigenvalue weighted by Crippen LogP contribution is 2.47. The molecule has 2 aromatic heterocycles. The lowest BCUT2D eigenvalue weighted by atomic mass is 9.87. The maximum absolute atomic E-state index is 15.7. The average Bonchev–Trinajstić information content (AvgIpc) is 3.92. The summed E-state index contributed by atoms with van der Waals surface area (Å²) in [6.45, 7) is 2.24. The number of methoxy groups -OCH3 is 1. The van der Waals surface area contributed by atoms with Crippen molar-refractivity contribution in [2.45, 2.75) is 56.5 Å². The number of nitrogens with one attached hydrogen (secondary N) is 1. The molecule has 2 fully saturated rings. The van der Waals surface area contributed by atoms with Gasteiger partial charge in [-0.15, -0.1) is 0 Å². The Morgan fingerprint density at radius 3 is 2.48 bits per heavy atom. The molecule has 2 aliphatic carbocycles. The first-order chi connectivity index (χ1) is 20.7. The Morgan fingerprint density at radius 1 is 1.16 bits per heavy atom. The standard InChI is InChI=1S/C31H29ClF4N4O4/c1-29(2,42)19-12-22(38-27(25(19)35)18-6-7-20(33)23(32)24(18)34)31(43,17-4-5-17)14-37-28(41)15-10-16-13-40(30(36)8-9-30)39-26(16)21(11-15)44-3/h6-7,10-13,17,42-43H,4-5,8-9,14H2,1-3H3,(H,37,41)/t31-/m1/s1. The Balaban J connectivity index is 1.37. The highest BCUT2D eigenvalue weighted by molar-refractivity contribution is 6.31. The van der Waals surface area contributed by atoms with Gasteiger partial charge < -0.3 is 20.3 Å². The molecule has 0 aliphatic heterocycles. The number of halogens is 5. The second kappa shape index (κ2) is 10.4. The number of pyridine rings is 1. The van der Waals surface area contributed by atoms with E-state index in [2.05, 4.69) is 15.4 Å². The summed E-state index contributed by atoms with van der Waals surface area (Å²) in [5.41, 5.74) is -4.58. The topological polar surface area (TPSA) is 110 Å². The molecule has 4 aromatic rings. The van der Waals surface area contributed by atoms with Gasteiger partial charge >= 0.3 is 0 Å². The first-order valence-corrected chi connectivity index (χ1v) is 14.4. The van der Waals surface area contributed by atoms with Crippen LogP contribution in [0, 0.1) is 23.4 Å². The monoisotopic (exact) mass is 632 g/mol. The van der Waals surface area contributed by atoms with Gasteiger partial charge in [0, 0.05) is 41.1 Å². The van der Waals surface area contributed by atoms with E-state index < -0.39 is 62.6 Å². The summed E-state index contributed by atoms with van der Waals surface area (Å²) >= 11 is 5.75. The van der Waals surface area contributed by atoms with E-state index in [0.29, 0.717) is 36.6 Å². The summed E-state index contributed by atoms with van der Waals surface area (Å²) in [5.74, 6) is -5.69. The molecule has 0 unspecified atom stereocenters. The number of aromatic nitrogens is 3. The van der Waals surface area contributed by atoms with Crippen molar-refractivity contribution in [1.29, 1.82) is 0 Å². The highest BCUT2D eigenvalue weighted by atomic mass is 35.5. The molecule has 6 rings (SSSR count). The van der Waals surface area contributed by atoms with Gasteiger partial charge in [-0.3, -0.25) is 4.79 Å². The predicted molar refractivity (Wildman–Crippen MR) is 153 cm³/mol. The van der Waals surface area contributed by atoms with Crippen molar-refractivity contribution in [3.05, 3.63) is 75.8 Å². The van der Waals surface area contributed by atoms with Crippen molar-refractivity contribution in [2.75, 3.05) is 13.7 Å². The maximum Gasteiger partial charge on any atom is 0.251 e. The van der Waals surface area contributed by atoms with E-state index in [4.69, 9.17) is 16.3 Å². The van der Waals surface area contributed by atoms with E-state index in [0.717, 1.165) is 12.1 Å². The molecular formula is C31H29ClF4N4O4. The molecule has 0 spiro atoms. The zero-order chi connectivity index (χ0) is 31.8. The van der Waals surface area contributed by atoms with Crippen LogP contribution in [-0.2, 0) is 17.0 Å². The SMILES string of the molecule is COc1cc(C(=O)NC[C@](O)(c2cc(C(C)(C)O)c(F)c(-c3ccc(F)c(Cl)c3F)n2)C2CC2)cc2cn(C3(F)CC3)nc12. The number of hydrogen-bond donors (Lipinski definition) is 3. The number of fused-ring (bicyclic) bond motifs is 1. The third-order valence-corrected chi connectivity index (χ3v) is 8.60. The van der Waals surface area contributed by atoms with Crippen LogP contribution in [0.2, 0.25) is 5.02 Å². The van der Waals surface area contributed by atoms with Gasteiger partial charge in [-0.05, 0) is 62.9 Å². The Hall–Kier alpha value is -3.74. The maximum atomic E-state index is 15.7. The number of hydrogen-bond acceptors (Lipinski definition) is 6. The lowest BCUT2D eigenvalue weighted by Crippen LogP contribution is -2.43. The fourth-order valence-electron chi connectivity index (χ4n) is 5.33. The van der Waals surface area contributed by atoms with Crippen LogP contribution < -0.4 is 10.1 Å². The molecule has 2 aromatic carbocycles. The molecule has 2 aliphatic rings. The molecule has 0 radical (unpaired) electrons. The van der Waals surface area contributed by atoms with Gasteiger partial charge in [0.1, 0.15) is 33.4 Å². The summed E-state index contributed by atoms with van der Waals surface area (Å²) in [6, 6.07) is 5.99. The van der Waals surface area contributed by atoms with E-state index in [-0.39, 0.29) is 29.1 Å². The second-order valence-electron chi connectivity index (χ2n) is 12.0. The minimum absolute atomic E-state index is 0.124. The summed E-state index contributed by atoms with van der Waals surface area (Å²) in [5, 5.41) is 29.3. The van der Waals surface area contributed by atoms with Gasteiger partial charge in [-0.2, -0.15) is 5.10 Å². The molecule has 2 heterocycles. The molecule has 2 saturated carbocycles. The highest BCUT2D eigenvalue weighted by Gasteiger charge is 2.48. The summed E-state index contributed by atoms with van der Waals surface area (Å²) in [4.78, 5) is 17.6. The second-order valence-corrected chi connectivity index (χ2v) is 12.4. The van der Waals surface area contributed by atoms with Crippen LogP contribution in [0.1, 0.15) is 61.1 Å². The van der Waals surface area contributed by atoms with Crippen molar-refractivity contribution < 1.29 is 37.3 Å². The van der Waals surface area contributed by atoms with Crippen molar-refractivity contribution in [2.24, 2.45) is 5.92 Å². The van der Waals surface area contributed by atoms with Crippen molar-refractivity contribution in [3.63, 3.8) is 0 Å². The Labute approximate surface area is 254 Å². The number of alkyl halides is 1. The fourth-order valence-corrected chi connectivity index (χ4v) is 5.50. The van der Waals surface area contributed by atoms with Crippen molar-refractivity contribution in [3.8, 4) is 17.0 Å². The van der Waals surface area contributed by atoms with Crippen LogP contribution in [0.3, 0.4) is 0 Å². The number of amides is 1. The lowest BCUT2D eigenvalue weighted by Gasteiger charge is -2.31. The van der Waals surface area contributed by atoms with Gasteiger partial charge in [-0.1, -0.05) is 11.6 Å². The fraction of sp³-hybridized carbons (Fsp3) is 0.387. The molecule has 0 saturated heterocycles. The zero-order valence-corrected chi connectivity index (χ0v) is 24.8. The van der Waals surface area contributed by atoms with Crippen molar-refractivity contribution >= 4 is 28.4 Å². The largest absolute Gasteiger partial charge is 0.494 e. The van der Waals surface area contributed by atoms with E-state index in [1.54, 1.807) is 0 Å². The van der Waals surface area contributed by atoms with Gasteiger partial charge in [-0.25, -0.2) is 27.2 Å². The smallest absolute Gasteiger partial charge is 0.251 e. The first kappa shape index (κ1) is 30.3. The lowest BCUT2D eigenvalue weighted by molar-refractivity contribution is 0.00863. The van der Waals surface area contributed by atoms with E-state index in [1.165, 1.54) is 50.0 Å². The number of carbonyl (C=O) groups excluding carboxylic acids is 1. The third kappa shape index (κ3) is 5.18. The van der Waals surface area contributed by atoms with Crippen LogP contribution in [0.5, 0.6) is 5.75 Å². The molecule has 44 heavy (non-hydrogen) atoms. The van der Waals surface area contributed by atoms with Crippen molar-refractivity contribution in [1.82, 2.24) is 20.1 Å². The third-order valence-electron chi connectivity index (χ3n) is 8.25. The number of nitrogens with zero attached hydrogens (tertiary/aromatic N) is 3. The number of carbonyl (C=O) groups is 1. The number of benzene rings is 2. The van der Waals surface area contributed by atoms with Gasteiger partial charge in [0.15, 0.2) is 11.6 Å². The Morgan fingerprint density at radius 2 is 1.86 bits per heavy atom. The molecule has 0 bridgehead atoms. The Kier molecular flexibility index (Phi) is 7.18. The summed E-state index contributed by atoms with van der Waals surface area (Å²) in [6.07, 6.45) is 3.29. The van der Waals surface area contributed by atoms with E-state index in [1.807, 2.05) is 0 Å². The van der Waals surface area contributed by atoms with Gasteiger partial charge in [0.05, 0.1) is 24.9 Å². The normalized spacial score (nSPS) is 17.4. The van der Waals surface area contributed by atoms with Crippen LogP contribution in [0.4, 0.5) is 17.6 Å². The van der Waals surface area contributed by atoms with Crippen LogP contribution in [-0.4, -0.2) is 44.5 Å². The molecule has 8 nitrogen and oxygen atoms in total. The molecule has 3 N–H and O–H groups in total.